The summed E-state index contributed by atoms with van der Waals surface area (Å²) in [5.74, 6) is 1.57. The van der Waals surface area contributed by atoms with Crippen molar-refractivity contribution in [1.29, 1.82) is 5.26 Å². The summed E-state index contributed by atoms with van der Waals surface area (Å²) in [7, 11) is 8.36. The second kappa shape index (κ2) is 18.4. The third kappa shape index (κ3) is 9.55. The molecule has 0 unspecified atom stereocenters. The van der Waals surface area contributed by atoms with Crippen LogP contribution in [0.3, 0.4) is 0 Å². The number of nitrogens with one attached hydrogen (secondary N) is 1. The number of hydrogen-bond acceptors (Lipinski definition) is 14. The molecule has 4 rings (SSSR count). The van der Waals surface area contributed by atoms with Crippen molar-refractivity contribution < 1.29 is 28.1 Å². The Bertz CT molecular complexity index is 1450. The van der Waals surface area contributed by atoms with Gasteiger partial charge in [0.15, 0.2) is 11.6 Å². The molecule has 1 N–H and O–H groups in total. The van der Waals surface area contributed by atoms with Crippen LogP contribution >= 0.6 is 0 Å². The molecule has 15 heteroatoms. The highest BCUT2D eigenvalue weighted by Crippen LogP contribution is 2.33. The molecule has 256 valence electrons. The zero-order valence-electron chi connectivity index (χ0n) is 28.0. The molecule has 47 heavy (non-hydrogen) atoms. The summed E-state index contributed by atoms with van der Waals surface area (Å²) >= 11 is 0. The zero-order valence-corrected chi connectivity index (χ0v) is 28.0. The van der Waals surface area contributed by atoms with Gasteiger partial charge in [-0.15, -0.1) is 0 Å². The highest BCUT2D eigenvalue weighted by atomic mass is 19.1. The Morgan fingerprint density at radius 1 is 0.830 bits per heavy atom. The maximum Gasteiger partial charge on any atom is 0.228 e. The van der Waals surface area contributed by atoms with Crippen molar-refractivity contribution in [3.05, 3.63) is 35.1 Å². The summed E-state index contributed by atoms with van der Waals surface area (Å²) in [4.78, 5) is 26.5. The van der Waals surface area contributed by atoms with E-state index in [-0.39, 0.29) is 18.2 Å². The first kappa shape index (κ1) is 35.9. The molecular weight excluding hydrogens is 609 g/mol. The molecule has 1 fully saturated rings. The Hall–Kier alpha value is -3.94. The third-order valence-electron chi connectivity index (χ3n) is 8.01. The van der Waals surface area contributed by atoms with Gasteiger partial charge in [0.05, 0.1) is 38.1 Å². The summed E-state index contributed by atoms with van der Waals surface area (Å²) in [5.41, 5.74) is 1.81. The van der Waals surface area contributed by atoms with Gasteiger partial charge < -0.3 is 43.7 Å². The Morgan fingerprint density at radius 3 is 1.91 bits per heavy atom. The van der Waals surface area contributed by atoms with Crippen LogP contribution in [0.15, 0.2) is 18.2 Å². The average Bonchev–Trinajstić information content (AvgIpc) is 3.10. The fourth-order valence-corrected chi connectivity index (χ4v) is 5.29. The SMILES string of the molecule is COCCN(CCOC)c1nc(N2CCC(OC)CC2)c2nc(N(CCOC)CCOC)nc(NCc3ccc(F)c(C#N)c3)c2n1. The minimum absolute atomic E-state index is 0.0267. The summed E-state index contributed by atoms with van der Waals surface area (Å²) in [5, 5.41) is 12.8. The van der Waals surface area contributed by atoms with E-state index in [4.69, 9.17) is 43.6 Å². The van der Waals surface area contributed by atoms with E-state index < -0.39 is 5.82 Å². The van der Waals surface area contributed by atoms with E-state index in [1.807, 2.05) is 15.9 Å². The standard InChI is InChI=1S/C32H46FN9O5/c1-43-16-12-41(13-17-44-2)31-37-28-27(29(38-31)35-22-23-6-7-26(33)24(20-23)21-34)36-32(42(14-18-45-3)15-19-46-4)39-30(28)40-10-8-25(47-5)9-11-40/h6-7,20,25H,8-19,22H2,1-5H3,(H,35,37,38). The fraction of sp³-hybridized carbons (Fsp3) is 0.594. The van der Waals surface area contributed by atoms with Gasteiger partial charge in [-0.2, -0.15) is 15.2 Å². The van der Waals surface area contributed by atoms with Crippen molar-refractivity contribution in [2.24, 2.45) is 0 Å². The van der Waals surface area contributed by atoms with Gasteiger partial charge in [-0.1, -0.05) is 6.07 Å². The molecule has 1 saturated heterocycles. The highest BCUT2D eigenvalue weighted by Gasteiger charge is 2.27. The van der Waals surface area contributed by atoms with Crippen LogP contribution in [-0.2, 0) is 30.2 Å². The molecule has 0 atom stereocenters. The number of nitrogens with zero attached hydrogens (tertiary/aromatic N) is 8. The topological polar surface area (TPSA) is 143 Å². The molecule has 2 aromatic heterocycles. The van der Waals surface area contributed by atoms with E-state index in [0.29, 0.717) is 92.7 Å². The zero-order chi connectivity index (χ0) is 33.6. The Labute approximate surface area is 275 Å². The van der Waals surface area contributed by atoms with E-state index in [1.165, 1.54) is 12.1 Å². The first-order valence-corrected chi connectivity index (χ1v) is 15.7. The van der Waals surface area contributed by atoms with Crippen molar-refractivity contribution in [2.45, 2.75) is 25.5 Å². The van der Waals surface area contributed by atoms with Crippen LogP contribution in [0.5, 0.6) is 0 Å². The van der Waals surface area contributed by atoms with Gasteiger partial charge in [-0.3, -0.25) is 0 Å². The number of rotatable bonds is 19. The Balaban J connectivity index is 1.90. The van der Waals surface area contributed by atoms with Crippen molar-refractivity contribution in [3.63, 3.8) is 0 Å². The molecular formula is C32H46FN9O5. The van der Waals surface area contributed by atoms with Crippen molar-refractivity contribution in [1.82, 2.24) is 19.9 Å². The van der Waals surface area contributed by atoms with Gasteiger partial charge in [-0.05, 0) is 30.5 Å². The molecule has 0 saturated carbocycles. The Kier molecular flexibility index (Phi) is 14.1. The van der Waals surface area contributed by atoms with Crippen LogP contribution < -0.4 is 20.0 Å². The van der Waals surface area contributed by atoms with E-state index in [2.05, 4.69) is 10.2 Å². The lowest BCUT2D eigenvalue weighted by Crippen LogP contribution is -2.38. The van der Waals surface area contributed by atoms with E-state index >= 15 is 0 Å². The summed E-state index contributed by atoms with van der Waals surface area (Å²) in [6, 6.07) is 6.37. The van der Waals surface area contributed by atoms with Crippen molar-refractivity contribution in [2.75, 3.05) is 121 Å². The number of anilines is 4. The summed E-state index contributed by atoms with van der Waals surface area (Å²) in [6.07, 6.45) is 1.86. The number of methoxy groups -OCH3 is 5. The van der Waals surface area contributed by atoms with Crippen molar-refractivity contribution in [3.8, 4) is 6.07 Å². The summed E-state index contributed by atoms with van der Waals surface area (Å²) in [6.45, 7) is 5.74. The molecule has 0 spiro atoms. The van der Waals surface area contributed by atoms with Crippen LogP contribution in [-0.4, -0.2) is 127 Å². The van der Waals surface area contributed by atoms with Crippen LogP contribution in [0.25, 0.3) is 11.0 Å². The molecule has 0 radical (unpaired) electrons. The second-order valence-corrected chi connectivity index (χ2v) is 11.1. The molecule has 14 nitrogen and oxygen atoms in total. The number of piperidine rings is 1. The first-order chi connectivity index (χ1) is 23.0. The lowest BCUT2D eigenvalue weighted by atomic mass is 10.1. The number of fused-ring (bicyclic) bond motifs is 1. The highest BCUT2D eigenvalue weighted by molar-refractivity contribution is 5.95. The van der Waals surface area contributed by atoms with E-state index in [1.54, 1.807) is 41.6 Å². The third-order valence-corrected chi connectivity index (χ3v) is 8.01. The van der Waals surface area contributed by atoms with Crippen molar-refractivity contribution >= 4 is 34.6 Å². The number of benzene rings is 1. The smallest absolute Gasteiger partial charge is 0.228 e. The molecule has 0 amide bonds. The van der Waals surface area contributed by atoms with Gasteiger partial charge in [-0.25, -0.2) is 14.4 Å². The molecule has 0 bridgehead atoms. The minimum atomic E-state index is -0.565. The van der Waals surface area contributed by atoms with Crippen LogP contribution in [0.1, 0.15) is 24.0 Å². The number of hydrogen-bond donors (Lipinski definition) is 1. The lowest BCUT2D eigenvalue weighted by molar-refractivity contribution is 0.0818. The lowest BCUT2D eigenvalue weighted by Gasteiger charge is -2.33. The molecule has 0 aliphatic carbocycles. The van der Waals surface area contributed by atoms with E-state index in [0.717, 1.165) is 25.9 Å². The molecule has 1 aromatic carbocycles. The monoisotopic (exact) mass is 655 g/mol. The quantitative estimate of drug-likeness (QED) is 0.202. The average molecular weight is 656 g/mol. The first-order valence-electron chi connectivity index (χ1n) is 15.7. The van der Waals surface area contributed by atoms with E-state index in [9.17, 15) is 9.65 Å². The normalized spacial score (nSPS) is 13.6. The van der Waals surface area contributed by atoms with Gasteiger partial charge >= 0.3 is 0 Å². The minimum Gasteiger partial charge on any atom is -0.383 e. The molecule has 3 aromatic rings. The number of ether oxygens (including phenoxy) is 5. The van der Waals surface area contributed by atoms with Gasteiger partial charge in [0.2, 0.25) is 11.9 Å². The maximum absolute atomic E-state index is 14.1. The number of nitriles is 1. The predicted octanol–water partition coefficient (Wildman–Crippen LogP) is 2.86. The van der Waals surface area contributed by atoms with Crippen LogP contribution in [0, 0.1) is 17.1 Å². The molecule has 1 aliphatic heterocycles. The predicted molar refractivity (Wildman–Crippen MR) is 178 cm³/mol. The summed E-state index contributed by atoms with van der Waals surface area (Å²) < 4.78 is 41.4. The largest absolute Gasteiger partial charge is 0.383 e. The maximum atomic E-state index is 14.1. The second-order valence-electron chi connectivity index (χ2n) is 11.1. The molecule has 3 heterocycles. The van der Waals surface area contributed by atoms with Gasteiger partial charge in [0.1, 0.15) is 22.9 Å². The number of aromatic nitrogens is 4. The fourth-order valence-electron chi connectivity index (χ4n) is 5.29. The van der Waals surface area contributed by atoms with Gasteiger partial charge in [0.25, 0.3) is 0 Å². The van der Waals surface area contributed by atoms with Gasteiger partial charge in [0, 0.05) is 81.4 Å². The van der Waals surface area contributed by atoms with Crippen LogP contribution in [0.2, 0.25) is 0 Å². The Morgan fingerprint density at radius 2 is 1.38 bits per heavy atom. The number of halogens is 1. The van der Waals surface area contributed by atoms with Crippen LogP contribution in [0.4, 0.5) is 27.9 Å². The molecule has 1 aliphatic rings.